The molecular formula is C21H40O. The van der Waals surface area contributed by atoms with Crippen molar-refractivity contribution in [2.45, 2.75) is 110 Å². The van der Waals surface area contributed by atoms with Crippen LogP contribution in [0.1, 0.15) is 110 Å². The molecule has 0 amide bonds. The maximum absolute atomic E-state index is 5.76. The van der Waals surface area contributed by atoms with Crippen molar-refractivity contribution < 1.29 is 4.74 Å². The van der Waals surface area contributed by atoms with Crippen LogP contribution in [0.4, 0.5) is 0 Å². The fourth-order valence-electron chi connectivity index (χ4n) is 3.42. The van der Waals surface area contributed by atoms with Crippen molar-refractivity contribution >= 4 is 0 Å². The molecule has 0 aromatic rings. The summed E-state index contributed by atoms with van der Waals surface area (Å²) in [6.07, 6.45) is 21.3. The second-order valence-electron chi connectivity index (χ2n) is 8.92. The Morgan fingerprint density at radius 3 is 1.32 bits per heavy atom. The second kappa shape index (κ2) is 9.30. The molecule has 0 radical (unpaired) electrons. The predicted molar refractivity (Wildman–Crippen MR) is 96.3 cm³/mol. The molecule has 2 saturated carbocycles. The predicted octanol–water partition coefficient (Wildman–Crippen LogP) is 6.89. The number of ether oxygens (including phenoxy) is 1. The van der Waals surface area contributed by atoms with Gasteiger partial charge in [-0.3, -0.25) is 0 Å². The maximum Gasteiger partial charge on any atom is 0.0466 e. The molecule has 0 aromatic carbocycles. The Bertz CT molecular complexity index is 258. The average molecular weight is 309 g/mol. The van der Waals surface area contributed by atoms with Gasteiger partial charge in [-0.15, -0.1) is 0 Å². The molecule has 0 aromatic heterocycles. The highest BCUT2D eigenvalue weighted by molar-refractivity contribution is 4.88. The molecule has 0 atom stereocenters. The summed E-state index contributed by atoms with van der Waals surface area (Å²) in [6, 6.07) is 0. The Hall–Kier alpha value is -0.0400. The first-order valence-electron chi connectivity index (χ1n) is 10.2. The van der Waals surface area contributed by atoms with Crippen LogP contribution >= 0.6 is 0 Å². The Labute approximate surface area is 139 Å². The van der Waals surface area contributed by atoms with Gasteiger partial charge in [0.15, 0.2) is 0 Å². The molecule has 0 saturated heterocycles. The van der Waals surface area contributed by atoms with Gasteiger partial charge in [0.2, 0.25) is 0 Å². The molecule has 0 unspecified atom stereocenters. The fraction of sp³-hybridized carbons (Fsp3) is 1.00. The molecule has 2 fully saturated rings. The van der Waals surface area contributed by atoms with Crippen LogP contribution in [0.25, 0.3) is 0 Å². The third-order valence-electron chi connectivity index (χ3n) is 6.10. The molecule has 1 nitrogen and oxygen atoms in total. The van der Waals surface area contributed by atoms with Gasteiger partial charge in [0.25, 0.3) is 0 Å². The lowest BCUT2D eigenvalue weighted by atomic mass is 10.00. The quantitative estimate of drug-likeness (QED) is 0.299. The Morgan fingerprint density at radius 2 is 0.909 bits per heavy atom. The van der Waals surface area contributed by atoms with Crippen molar-refractivity contribution in [2.75, 3.05) is 13.2 Å². The first-order valence-corrected chi connectivity index (χ1v) is 10.2. The van der Waals surface area contributed by atoms with Gasteiger partial charge in [-0.1, -0.05) is 58.8 Å². The molecule has 0 bridgehead atoms. The minimum absolute atomic E-state index is 0.757. The molecule has 1 heteroatoms. The van der Waals surface area contributed by atoms with Crippen molar-refractivity contribution in [3.63, 3.8) is 0 Å². The summed E-state index contributed by atoms with van der Waals surface area (Å²) in [6.45, 7) is 6.89. The van der Waals surface area contributed by atoms with Crippen molar-refractivity contribution in [3.8, 4) is 0 Å². The van der Waals surface area contributed by atoms with E-state index in [2.05, 4.69) is 13.8 Å². The first-order chi connectivity index (χ1) is 10.6. The number of hydrogen-bond acceptors (Lipinski definition) is 1. The third-order valence-corrected chi connectivity index (χ3v) is 6.10. The normalized spacial score (nSPS) is 21.0. The summed E-state index contributed by atoms with van der Waals surface area (Å²) in [4.78, 5) is 0. The van der Waals surface area contributed by atoms with Gasteiger partial charge >= 0.3 is 0 Å². The molecule has 2 rings (SSSR count). The van der Waals surface area contributed by atoms with Crippen molar-refractivity contribution in [1.29, 1.82) is 0 Å². The fourth-order valence-corrected chi connectivity index (χ4v) is 3.42. The summed E-state index contributed by atoms with van der Waals surface area (Å²) in [5, 5.41) is 0. The highest BCUT2D eigenvalue weighted by atomic mass is 16.5. The molecular weight excluding hydrogens is 268 g/mol. The van der Waals surface area contributed by atoms with E-state index in [1.165, 1.54) is 96.3 Å². The second-order valence-corrected chi connectivity index (χ2v) is 8.92. The van der Waals surface area contributed by atoms with E-state index in [4.69, 9.17) is 4.74 Å². The summed E-state index contributed by atoms with van der Waals surface area (Å²) >= 11 is 0. The average Bonchev–Trinajstić information content (AvgIpc) is 3.40. The zero-order valence-electron chi connectivity index (χ0n) is 15.4. The van der Waals surface area contributed by atoms with E-state index < -0.39 is 0 Å². The van der Waals surface area contributed by atoms with E-state index in [9.17, 15) is 0 Å². The molecule has 0 spiro atoms. The van der Waals surface area contributed by atoms with Crippen LogP contribution in [0.5, 0.6) is 0 Å². The highest BCUT2D eigenvalue weighted by Gasteiger charge is 2.36. The summed E-state index contributed by atoms with van der Waals surface area (Å²) < 4.78 is 5.76. The summed E-state index contributed by atoms with van der Waals surface area (Å²) in [5.41, 5.74) is 1.52. The van der Waals surface area contributed by atoms with Gasteiger partial charge in [0.05, 0.1) is 0 Å². The van der Waals surface area contributed by atoms with Crippen molar-refractivity contribution in [2.24, 2.45) is 10.8 Å². The zero-order valence-corrected chi connectivity index (χ0v) is 15.4. The van der Waals surface area contributed by atoms with Crippen LogP contribution in [-0.2, 0) is 4.74 Å². The number of hydrogen-bond donors (Lipinski definition) is 0. The molecule has 2 aliphatic rings. The molecule has 0 aliphatic heterocycles. The minimum atomic E-state index is 0.757. The largest absolute Gasteiger partial charge is 0.381 e. The topological polar surface area (TPSA) is 9.23 Å². The van der Waals surface area contributed by atoms with Crippen molar-refractivity contribution in [1.82, 2.24) is 0 Å². The monoisotopic (exact) mass is 308 g/mol. The molecule has 22 heavy (non-hydrogen) atoms. The van der Waals surface area contributed by atoms with E-state index in [1.807, 2.05) is 0 Å². The number of unbranched alkanes of at least 4 members (excludes halogenated alkanes) is 7. The highest BCUT2D eigenvalue weighted by Crippen LogP contribution is 2.49. The zero-order chi connectivity index (χ0) is 15.7. The molecule has 0 N–H and O–H groups in total. The standard InChI is InChI=1S/C21H40O/c1-20(14-15-20)12-8-4-3-6-10-18-22-19-11-7-5-9-13-21(2)16-17-21/h3-19H2,1-2H3. The van der Waals surface area contributed by atoms with Crippen LogP contribution < -0.4 is 0 Å². The van der Waals surface area contributed by atoms with Crippen LogP contribution in [-0.4, -0.2) is 13.2 Å². The minimum Gasteiger partial charge on any atom is -0.381 e. The lowest BCUT2D eigenvalue weighted by Gasteiger charge is -2.08. The van der Waals surface area contributed by atoms with Gasteiger partial charge in [-0.05, 0) is 62.2 Å². The third kappa shape index (κ3) is 8.56. The van der Waals surface area contributed by atoms with Gasteiger partial charge in [0.1, 0.15) is 0 Å². The van der Waals surface area contributed by atoms with E-state index >= 15 is 0 Å². The Kier molecular flexibility index (Phi) is 7.74. The van der Waals surface area contributed by atoms with Crippen molar-refractivity contribution in [3.05, 3.63) is 0 Å². The Balaban J connectivity index is 1.21. The van der Waals surface area contributed by atoms with Gasteiger partial charge in [-0.25, -0.2) is 0 Å². The maximum atomic E-state index is 5.76. The molecule has 130 valence electrons. The van der Waals surface area contributed by atoms with E-state index in [0.717, 1.165) is 24.0 Å². The summed E-state index contributed by atoms with van der Waals surface area (Å²) in [5.74, 6) is 0. The lowest BCUT2D eigenvalue weighted by Crippen LogP contribution is -1.98. The van der Waals surface area contributed by atoms with E-state index in [-0.39, 0.29) is 0 Å². The molecule has 0 heterocycles. The van der Waals surface area contributed by atoms with E-state index in [1.54, 1.807) is 0 Å². The van der Waals surface area contributed by atoms with Crippen LogP contribution in [0.2, 0.25) is 0 Å². The number of rotatable bonds is 15. The molecule has 2 aliphatic carbocycles. The van der Waals surface area contributed by atoms with Crippen LogP contribution in [0.3, 0.4) is 0 Å². The van der Waals surface area contributed by atoms with Gasteiger partial charge in [0, 0.05) is 13.2 Å². The lowest BCUT2D eigenvalue weighted by molar-refractivity contribution is 0.125. The smallest absolute Gasteiger partial charge is 0.0466 e. The van der Waals surface area contributed by atoms with Gasteiger partial charge < -0.3 is 4.74 Å². The Morgan fingerprint density at radius 1 is 0.545 bits per heavy atom. The van der Waals surface area contributed by atoms with Crippen LogP contribution in [0.15, 0.2) is 0 Å². The van der Waals surface area contributed by atoms with Crippen LogP contribution in [0, 0.1) is 10.8 Å². The van der Waals surface area contributed by atoms with E-state index in [0.29, 0.717) is 0 Å². The van der Waals surface area contributed by atoms with Gasteiger partial charge in [-0.2, -0.15) is 0 Å². The summed E-state index contributed by atoms with van der Waals surface area (Å²) in [7, 11) is 0. The SMILES string of the molecule is CC1(CCCCCCCOCCCCCCC2(C)CC2)CC1. The first kappa shape index (κ1) is 18.3.